The fourth-order valence-electron chi connectivity index (χ4n) is 2.30. The zero-order valence-electron chi connectivity index (χ0n) is 10.8. The van der Waals surface area contributed by atoms with Crippen molar-refractivity contribution in [2.75, 3.05) is 6.61 Å². The van der Waals surface area contributed by atoms with E-state index >= 15 is 0 Å². The molecule has 0 fully saturated rings. The average Bonchev–Trinajstić information content (AvgIpc) is 2.85. The number of halogens is 1. The van der Waals surface area contributed by atoms with Gasteiger partial charge in [-0.3, -0.25) is 0 Å². The highest BCUT2D eigenvalue weighted by molar-refractivity contribution is 6.29. The van der Waals surface area contributed by atoms with E-state index < -0.39 is 0 Å². The first-order chi connectivity index (χ1) is 9.26. The third-order valence-electron chi connectivity index (χ3n) is 3.20. The SMILES string of the molecule is CCCc1cc(Cl)nc(-c2ccc3c(c2)CCO3)n1. The van der Waals surface area contributed by atoms with Gasteiger partial charge in [0.05, 0.1) is 6.61 Å². The molecule has 0 radical (unpaired) electrons. The van der Waals surface area contributed by atoms with Gasteiger partial charge in [0.25, 0.3) is 0 Å². The highest BCUT2D eigenvalue weighted by Gasteiger charge is 2.14. The van der Waals surface area contributed by atoms with Gasteiger partial charge in [0.2, 0.25) is 0 Å². The van der Waals surface area contributed by atoms with Crippen LogP contribution in [-0.4, -0.2) is 16.6 Å². The second kappa shape index (κ2) is 5.17. The summed E-state index contributed by atoms with van der Waals surface area (Å²) < 4.78 is 5.51. The first kappa shape index (κ1) is 12.4. The number of rotatable bonds is 3. The molecule has 3 rings (SSSR count). The van der Waals surface area contributed by atoms with Crippen molar-refractivity contribution < 1.29 is 4.74 Å². The van der Waals surface area contributed by atoms with Crippen molar-refractivity contribution in [1.82, 2.24) is 9.97 Å². The molecule has 19 heavy (non-hydrogen) atoms. The van der Waals surface area contributed by atoms with Crippen molar-refractivity contribution in [2.45, 2.75) is 26.2 Å². The lowest BCUT2D eigenvalue weighted by Gasteiger charge is -2.06. The Hall–Kier alpha value is -1.61. The standard InChI is InChI=1S/C15H15ClN2O/c1-2-3-12-9-14(16)18-15(17-12)11-4-5-13-10(8-11)6-7-19-13/h4-5,8-9H,2-3,6-7H2,1H3. The van der Waals surface area contributed by atoms with Crippen LogP contribution in [0, 0.1) is 0 Å². The first-order valence-corrected chi connectivity index (χ1v) is 6.93. The molecule has 0 unspecified atom stereocenters. The van der Waals surface area contributed by atoms with Gasteiger partial charge in [0.1, 0.15) is 10.9 Å². The topological polar surface area (TPSA) is 35.0 Å². The molecule has 3 nitrogen and oxygen atoms in total. The van der Waals surface area contributed by atoms with Crippen LogP contribution >= 0.6 is 11.6 Å². The summed E-state index contributed by atoms with van der Waals surface area (Å²) in [6.45, 7) is 2.89. The third kappa shape index (κ3) is 2.56. The van der Waals surface area contributed by atoms with Gasteiger partial charge in [-0.15, -0.1) is 0 Å². The van der Waals surface area contributed by atoms with Crippen molar-refractivity contribution in [3.63, 3.8) is 0 Å². The third-order valence-corrected chi connectivity index (χ3v) is 3.40. The van der Waals surface area contributed by atoms with Crippen LogP contribution in [0.25, 0.3) is 11.4 Å². The highest BCUT2D eigenvalue weighted by Crippen LogP contribution is 2.29. The maximum absolute atomic E-state index is 6.08. The molecule has 0 spiro atoms. The summed E-state index contributed by atoms with van der Waals surface area (Å²) in [7, 11) is 0. The Morgan fingerprint density at radius 1 is 1.26 bits per heavy atom. The van der Waals surface area contributed by atoms with E-state index in [1.165, 1.54) is 5.56 Å². The largest absolute Gasteiger partial charge is 0.493 e. The van der Waals surface area contributed by atoms with Crippen LogP contribution in [0.3, 0.4) is 0 Å². The fraction of sp³-hybridized carbons (Fsp3) is 0.333. The Morgan fingerprint density at radius 3 is 3.00 bits per heavy atom. The van der Waals surface area contributed by atoms with Crippen molar-refractivity contribution >= 4 is 11.6 Å². The molecule has 0 atom stereocenters. The Bertz CT molecular complexity index is 613. The van der Waals surface area contributed by atoms with E-state index in [2.05, 4.69) is 23.0 Å². The zero-order valence-corrected chi connectivity index (χ0v) is 11.6. The maximum atomic E-state index is 6.08. The highest BCUT2D eigenvalue weighted by atomic mass is 35.5. The van der Waals surface area contributed by atoms with Crippen LogP contribution in [0.1, 0.15) is 24.6 Å². The molecule has 0 saturated carbocycles. The van der Waals surface area contributed by atoms with Crippen LogP contribution < -0.4 is 4.74 Å². The van der Waals surface area contributed by atoms with Crippen molar-refractivity contribution in [2.24, 2.45) is 0 Å². The summed E-state index contributed by atoms with van der Waals surface area (Å²) in [4.78, 5) is 8.91. The minimum absolute atomic E-state index is 0.505. The molecule has 0 aliphatic carbocycles. The molecular weight excluding hydrogens is 260 g/mol. The first-order valence-electron chi connectivity index (χ1n) is 6.56. The number of aromatic nitrogens is 2. The van der Waals surface area contributed by atoms with E-state index in [-0.39, 0.29) is 0 Å². The molecule has 2 heterocycles. The number of aryl methyl sites for hydroxylation is 1. The molecule has 1 aromatic carbocycles. The number of ether oxygens (including phenoxy) is 1. The fourth-order valence-corrected chi connectivity index (χ4v) is 2.51. The van der Waals surface area contributed by atoms with Gasteiger partial charge in [-0.05, 0) is 36.2 Å². The van der Waals surface area contributed by atoms with Gasteiger partial charge in [0.15, 0.2) is 5.82 Å². The maximum Gasteiger partial charge on any atom is 0.161 e. The van der Waals surface area contributed by atoms with Crippen LogP contribution in [0.2, 0.25) is 5.15 Å². The van der Waals surface area contributed by atoms with Crippen molar-refractivity contribution in [3.05, 3.63) is 40.7 Å². The van der Waals surface area contributed by atoms with Crippen molar-refractivity contribution in [3.8, 4) is 17.1 Å². The average molecular weight is 275 g/mol. The van der Waals surface area contributed by atoms with Crippen LogP contribution in [0.15, 0.2) is 24.3 Å². The lowest BCUT2D eigenvalue weighted by molar-refractivity contribution is 0.357. The molecule has 4 heteroatoms. The minimum atomic E-state index is 0.505. The van der Waals surface area contributed by atoms with Gasteiger partial charge in [-0.1, -0.05) is 24.9 Å². The number of fused-ring (bicyclic) bond motifs is 1. The zero-order chi connectivity index (χ0) is 13.2. The number of nitrogens with zero attached hydrogens (tertiary/aromatic N) is 2. The molecule has 0 bridgehead atoms. The van der Waals surface area contributed by atoms with E-state index in [0.29, 0.717) is 11.0 Å². The predicted octanol–water partition coefficient (Wildman–Crippen LogP) is 3.68. The molecule has 1 aliphatic heterocycles. The summed E-state index contributed by atoms with van der Waals surface area (Å²) in [6, 6.07) is 7.92. The molecule has 2 aromatic rings. The Kier molecular flexibility index (Phi) is 3.38. The Balaban J connectivity index is 2.01. The Morgan fingerprint density at radius 2 is 2.16 bits per heavy atom. The van der Waals surface area contributed by atoms with E-state index in [1.54, 1.807) is 0 Å². The molecule has 0 saturated heterocycles. The van der Waals surface area contributed by atoms with Gasteiger partial charge in [-0.2, -0.15) is 0 Å². The smallest absolute Gasteiger partial charge is 0.161 e. The number of benzene rings is 1. The number of hydrogen-bond acceptors (Lipinski definition) is 3. The van der Waals surface area contributed by atoms with Gasteiger partial charge < -0.3 is 4.74 Å². The summed E-state index contributed by atoms with van der Waals surface area (Å²) in [5.74, 6) is 1.67. The Labute approximate surface area is 117 Å². The van der Waals surface area contributed by atoms with E-state index in [4.69, 9.17) is 16.3 Å². The normalized spacial score (nSPS) is 13.2. The molecule has 98 valence electrons. The van der Waals surface area contributed by atoms with Gasteiger partial charge in [0, 0.05) is 17.7 Å². The minimum Gasteiger partial charge on any atom is -0.493 e. The van der Waals surface area contributed by atoms with E-state index in [1.807, 2.05) is 18.2 Å². The van der Waals surface area contributed by atoms with Crippen LogP contribution in [0.5, 0.6) is 5.75 Å². The van der Waals surface area contributed by atoms with E-state index in [9.17, 15) is 0 Å². The second-order valence-electron chi connectivity index (χ2n) is 4.68. The monoisotopic (exact) mass is 274 g/mol. The van der Waals surface area contributed by atoms with Crippen LogP contribution in [0.4, 0.5) is 0 Å². The summed E-state index contributed by atoms with van der Waals surface area (Å²) in [5, 5.41) is 0.505. The summed E-state index contributed by atoms with van der Waals surface area (Å²) >= 11 is 6.08. The lowest BCUT2D eigenvalue weighted by Crippen LogP contribution is -1.96. The molecule has 0 amide bonds. The molecule has 1 aliphatic rings. The predicted molar refractivity (Wildman–Crippen MR) is 75.7 cm³/mol. The second-order valence-corrected chi connectivity index (χ2v) is 5.06. The number of hydrogen-bond donors (Lipinski definition) is 0. The molecule has 0 N–H and O–H groups in total. The van der Waals surface area contributed by atoms with Crippen molar-refractivity contribution in [1.29, 1.82) is 0 Å². The van der Waals surface area contributed by atoms with Gasteiger partial charge >= 0.3 is 0 Å². The van der Waals surface area contributed by atoms with Crippen LogP contribution in [-0.2, 0) is 12.8 Å². The molecular formula is C15H15ClN2O. The quantitative estimate of drug-likeness (QED) is 0.801. The summed E-state index contributed by atoms with van der Waals surface area (Å²) in [5.41, 5.74) is 3.22. The lowest BCUT2D eigenvalue weighted by atomic mass is 10.1. The van der Waals surface area contributed by atoms with Gasteiger partial charge in [-0.25, -0.2) is 9.97 Å². The van der Waals surface area contributed by atoms with E-state index in [0.717, 1.165) is 42.9 Å². The molecule has 1 aromatic heterocycles. The summed E-state index contributed by atoms with van der Waals surface area (Å²) in [6.07, 6.45) is 2.92.